The summed E-state index contributed by atoms with van der Waals surface area (Å²) in [6.45, 7) is 3.92. The van der Waals surface area contributed by atoms with Crippen LogP contribution in [0.25, 0.3) is 0 Å². The maximum Gasteiger partial charge on any atom is 0.409 e. The van der Waals surface area contributed by atoms with Gasteiger partial charge in [-0.05, 0) is 6.92 Å². The van der Waals surface area contributed by atoms with Gasteiger partial charge in [0.15, 0.2) is 0 Å². The van der Waals surface area contributed by atoms with Crippen LogP contribution in [0, 0.1) is 0 Å². The molecule has 0 unspecified atom stereocenters. The summed E-state index contributed by atoms with van der Waals surface area (Å²) in [5, 5.41) is 6.60. The Balaban J connectivity index is 1.92. The van der Waals surface area contributed by atoms with Gasteiger partial charge in [0.2, 0.25) is 0 Å². The highest BCUT2D eigenvalue weighted by Crippen LogP contribution is 2.15. The summed E-state index contributed by atoms with van der Waals surface area (Å²) >= 11 is 5.85. The number of aromatic amines is 1. The lowest BCUT2D eigenvalue weighted by Gasteiger charge is -2.33. The molecule has 2 amide bonds. The van der Waals surface area contributed by atoms with E-state index in [9.17, 15) is 9.59 Å². The number of hydrogen-bond donors (Lipinski definition) is 1. The van der Waals surface area contributed by atoms with Gasteiger partial charge in [0.05, 0.1) is 17.8 Å². The van der Waals surface area contributed by atoms with Crippen LogP contribution in [0.5, 0.6) is 0 Å². The standard InChI is InChI=1S/C11H15ClN4O3/c1-2-19-11(18)16-5-3-15(4-6-16)10(17)9-8(12)7-13-14-9/h7H,2-6H2,1H3,(H,13,14). The second kappa shape index (κ2) is 5.92. The lowest BCUT2D eigenvalue weighted by Crippen LogP contribution is -2.50. The molecule has 19 heavy (non-hydrogen) atoms. The zero-order valence-electron chi connectivity index (χ0n) is 10.6. The minimum Gasteiger partial charge on any atom is -0.450 e. The van der Waals surface area contributed by atoms with E-state index < -0.39 is 0 Å². The number of nitrogens with zero attached hydrogens (tertiary/aromatic N) is 3. The van der Waals surface area contributed by atoms with Crippen LogP contribution in [0.2, 0.25) is 5.02 Å². The fourth-order valence-corrected chi connectivity index (χ4v) is 2.06. The smallest absolute Gasteiger partial charge is 0.409 e. The van der Waals surface area contributed by atoms with Gasteiger partial charge >= 0.3 is 6.09 Å². The summed E-state index contributed by atoms with van der Waals surface area (Å²) in [6, 6.07) is 0. The molecule has 2 rings (SSSR count). The topological polar surface area (TPSA) is 78.5 Å². The van der Waals surface area contributed by atoms with Crippen molar-refractivity contribution in [3.05, 3.63) is 16.9 Å². The quantitative estimate of drug-likeness (QED) is 0.879. The first-order chi connectivity index (χ1) is 9.13. The maximum absolute atomic E-state index is 12.1. The minimum absolute atomic E-state index is 0.203. The van der Waals surface area contributed by atoms with Crippen molar-refractivity contribution < 1.29 is 14.3 Å². The molecule has 0 radical (unpaired) electrons. The average molecular weight is 287 g/mol. The number of hydrogen-bond acceptors (Lipinski definition) is 4. The molecule has 0 saturated carbocycles. The van der Waals surface area contributed by atoms with Gasteiger partial charge in [-0.1, -0.05) is 11.6 Å². The van der Waals surface area contributed by atoms with Gasteiger partial charge in [0.25, 0.3) is 5.91 Å². The number of carbonyl (C=O) groups excluding carboxylic acids is 2. The Kier molecular flexibility index (Phi) is 4.26. The molecule has 0 bridgehead atoms. The summed E-state index contributed by atoms with van der Waals surface area (Å²) in [6.07, 6.45) is 1.05. The van der Waals surface area contributed by atoms with Crippen molar-refractivity contribution in [1.29, 1.82) is 0 Å². The number of rotatable bonds is 2. The molecule has 0 spiro atoms. The minimum atomic E-state index is -0.339. The molecule has 1 aromatic heterocycles. The Morgan fingerprint density at radius 2 is 2.00 bits per heavy atom. The fourth-order valence-electron chi connectivity index (χ4n) is 1.89. The second-order valence-electron chi connectivity index (χ2n) is 4.07. The summed E-state index contributed by atoms with van der Waals surface area (Å²) in [5.41, 5.74) is 0.284. The molecular formula is C11H15ClN4O3. The van der Waals surface area contributed by atoms with E-state index in [4.69, 9.17) is 16.3 Å². The fraction of sp³-hybridized carbons (Fsp3) is 0.545. The molecule has 1 aliphatic heterocycles. The summed E-state index contributed by atoms with van der Waals surface area (Å²) < 4.78 is 4.91. The highest BCUT2D eigenvalue weighted by molar-refractivity contribution is 6.33. The molecule has 1 aliphatic rings. The predicted molar refractivity (Wildman–Crippen MR) is 68.1 cm³/mol. The van der Waals surface area contributed by atoms with Crippen molar-refractivity contribution in [3.63, 3.8) is 0 Å². The summed E-state index contributed by atoms with van der Waals surface area (Å²) in [4.78, 5) is 26.9. The van der Waals surface area contributed by atoms with Gasteiger partial charge in [-0.3, -0.25) is 9.89 Å². The molecule has 0 aromatic carbocycles. The van der Waals surface area contributed by atoms with Crippen LogP contribution >= 0.6 is 11.6 Å². The third-order valence-electron chi connectivity index (χ3n) is 2.90. The predicted octanol–water partition coefficient (Wildman–Crippen LogP) is 0.977. The van der Waals surface area contributed by atoms with Crippen molar-refractivity contribution in [2.24, 2.45) is 0 Å². The number of ether oxygens (including phenoxy) is 1. The van der Waals surface area contributed by atoms with E-state index in [-0.39, 0.29) is 17.7 Å². The molecule has 1 fully saturated rings. The molecular weight excluding hydrogens is 272 g/mol. The van der Waals surface area contributed by atoms with E-state index in [0.29, 0.717) is 37.8 Å². The lowest BCUT2D eigenvalue weighted by molar-refractivity contribution is 0.0566. The largest absolute Gasteiger partial charge is 0.450 e. The summed E-state index contributed by atoms with van der Waals surface area (Å²) in [7, 11) is 0. The first-order valence-corrected chi connectivity index (χ1v) is 6.41. The van der Waals surface area contributed by atoms with Crippen molar-refractivity contribution in [2.75, 3.05) is 32.8 Å². The Bertz CT molecular complexity index is 468. The van der Waals surface area contributed by atoms with Crippen molar-refractivity contribution in [1.82, 2.24) is 20.0 Å². The monoisotopic (exact) mass is 286 g/mol. The van der Waals surface area contributed by atoms with Crippen molar-refractivity contribution >= 4 is 23.6 Å². The number of carbonyl (C=O) groups is 2. The normalized spacial score (nSPS) is 15.5. The molecule has 1 N–H and O–H groups in total. The Labute approximate surface area is 115 Å². The molecule has 2 heterocycles. The molecule has 1 saturated heterocycles. The van der Waals surface area contributed by atoms with Crippen LogP contribution in [0.1, 0.15) is 17.4 Å². The first kappa shape index (κ1) is 13.7. The Hall–Kier alpha value is -1.76. The average Bonchev–Trinajstić information content (AvgIpc) is 2.84. The van der Waals surface area contributed by atoms with Gasteiger partial charge in [-0.15, -0.1) is 0 Å². The highest BCUT2D eigenvalue weighted by atomic mass is 35.5. The van der Waals surface area contributed by atoms with Gasteiger partial charge in [0, 0.05) is 26.2 Å². The van der Waals surface area contributed by atoms with Gasteiger partial charge in [-0.2, -0.15) is 5.10 Å². The van der Waals surface area contributed by atoms with E-state index in [0.717, 1.165) is 0 Å². The molecule has 7 nitrogen and oxygen atoms in total. The maximum atomic E-state index is 12.1. The third-order valence-corrected chi connectivity index (χ3v) is 3.19. The number of amides is 2. The molecule has 8 heteroatoms. The van der Waals surface area contributed by atoms with Gasteiger partial charge in [0.1, 0.15) is 5.69 Å². The number of piperazine rings is 1. The van der Waals surface area contributed by atoms with Gasteiger partial charge in [-0.25, -0.2) is 4.79 Å². The lowest BCUT2D eigenvalue weighted by atomic mass is 10.3. The summed E-state index contributed by atoms with van der Waals surface area (Å²) in [5.74, 6) is -0.203. The van der Waals surface area contributed by atoms with Crippen molar-refractivity contribution in [2.45, 2.75) is 6.92 Å². The number of H-pyrrole nitrogens is 1. The number of nitrogens with one attached hydrogen (secondary N) is 1. The van der Waals surface area contributed by atoms with Crippen LogP contribution in [-0.2, 0) is 4.74 Å². The molecule has 104 valence electrons. The van der Waals surface area contributed by atoms with Crippen molar-refractivity contribution in [3.8, 4) is 0 Å². The molecule has 1 aromatic rings. The molecule has 0 atom stereocenters. The SMILES string of the molecule is CCOC(=O)N1CCN(C(=O)c2[nH]ncc2Cl)CC1. The van der Waals surface area contributed by atoms with E-state index in [2.05, 4.69) is 10.2 Å². The highest BCUT2D eigenvalue weighted by Gasteiger charge is 2.27. The van der Waals surface area contributed by atoms with Crippen LogP contribution in [-0.4, -0.2) is 64.8 Å². The first-order valence-electron chi connectivity index (χ1n) is 6.03. The second-order valence-corrected chi connectivity index (χ2v) is 4.48. The Morgan fingerprint density at radius 3 is 2.53 bits per heavy atom. The van der Waals surface area contributed by atoms with Gasteiger partial charge < -0.3 is 14.5 Å². The zero-order valence-corrected chi connectivity index (χ0v) is 11.3. The van der Waals surface area contributed by atoms with E-state index in [1.807, 2.05) is 0 Å². The van der Waals surface area contributed by atoms with Crippen LogP contribution in [0.4, 0.5) is 4.79 Å². The Morgan fingerprint density at radius 1 is 1.37 bits per heavy atom. The van der Waals surface area contributed by atoms with E-state index in [1.54, 1.807) is 16.7 Å². The van der Waals surface area contributed by atoms with Crippen LogP contribution < -0.4 is 0 Å². The molecule has 0 aliphatic carbocycles. The number of aromatic nitrogens is 2. The van der Waals surface area contributed by atoms with E-state index >= 15 is 0 Å². The van der Waals surface area contributed by atoms with Crippen LogP contribution in [0.15, 0.2) is 6.20 Å². The van der Waals surface area contributed by atoms with E-state index in [1.165, 1.54) is 6.20 Å². The zero-order chi connectivity index (χ0) is 13.8. The van der Waals surface area contributed by atoms with Crippen LogP contribution in [0.3, 0.4) is 0 Å². The third kappa shape index (κ3) is 2.98. The number of halogens is 1.